The van der Waals surface area contributed by atoms with Crippen molar-refractivity contribution >= 4 is 21.4 Å². The Hall–Kier alpha value is -0.970. The lowest BCUT2D eigenvalue weighted by molar-refractivity contribution is 0.103. The fraction of sp³-hybridized carbons (Fsp3) is 0.467. The van der Waals surface area contributed by atoms with E-state index in [0.29, 0.717) is 12.5 Å². The maximum atomic E-state index is 13.2. The van der Waals surface area contributed by atoms with E-state index >= 15 is 0 Å². The number of aliphatic hydroxyl groups excluding tert-OH is 1. The smallest absolute Gasteiger partial charge is 0.124 e. The Kier molecular flexibility index (Phi) is 4.55. The van der Waals surface area contributed by atoms with Gasteiger partial charge in [-0.15, -0.1) is 11.3 Å². The Morgan fingerprint density at radius 2 is 2.05 bits per heavy atom. The van der Waals surface area contributed by atoms with Crippen molar-refractivity contribution in [3.8, 4) is 0 Å². The molecule has 104 valence electrons. The molecular formula is C15H20FNOS. The molecule has 0 spiro atoms. The van der Waals surface area contributed by atoms with Gasteiger partial charge >= 0.3 is 0 Å². The number of rotatable bonds is 5. The number of hydrogen-bond donors (Lipinski definition) is 2. The summed E-state index contributed by atoms with van der Waals surface area (Å²) in [5.41, 5.74) is 5.76. The summed E-state index contributed by atoms with van der Waals surface area (Å²) >= 11 is 1.44. The van der Waals surface area contributed by atoms with Gasteiger partial charge in [0.15, 0.2) is 0 Å². The molecule has 2 nitrogen and oxygen atoms in total. The van der Waals surface area contributed by atoms with Crippen LogP contribution in [-0.2, 0) is 0 Å². The van der Waals surface area contributed by atoms with Gasteiger partial charge in [0.05, 0.1) is 6.10 Å². The maximum absolute atomic E-state index is 13.2. The zero-order valence-corrected chi connectivity index (χ0v) is 12.1. The zero-order valence-electron chi connectivity index (χ0n) is 11.3. The van der Waals surface area contributed by atoms with E-state index < -0.39 is 6.10 Å². The lowest BCUT2D eigenvalue weighted by Gasteiger charge is -2.22. The summed E-state index contributed by atoms with van der Waals surface area (Å²) < 4.78 is 14.0. The Morgan fingerprint density at radius 3 is 2.68 bits per heavy atom. The van der Waals surface area contributed by atoms with Crippen molar-refractivity contribution in [3.05, 3.63) is 35.0 Å². The molecule has 2 rings (SSSR count). The Balaban J connectivity index is 2.27. The molecule has 0 bridgehead atoms. The van der Waals surface area contributed by atoms with E-state index in [1.165, 1.54) is 23.5 Å². The molecule has 4 heteroatoms. The second kappa shape index (κ2) is 5.99. The van der Waals surface area contributed by atoms with Gasteiger partial charge in [-0.05, 0) is 42.5 Å². The second-order valence-corrected chi connectivity index (χ2v) is 6.52. The van der Waals surface area contributed by atoms with Crippen LogP contribution in [0.1, 0.15) is 31.2 Å². The maximum Gasteiger partial charge on any atom is 0.124 e. The second-order valence-electron chi connectivity index (χ2n) is 5.40. The average molecular weight is 281 g/mol. The molecule has 1 heterocycles. The fourth-order valence-corrected chi connectivity index (χ4v) is 3.53. The first kappa shape index (κ1) is 14.4. The van der Waals surface area contributed by atoms with Gasteiger partial charge in [0.2, 0.25) is 0 Å². The molecule has 2 atom stereocenters. The highest BCUT2D eigenvalue weighted by molar-refractivity contribution is 7.19. The summed E-state index contributed by atoms with van der Waals surface area (Å²) in [6.07, 6.45) is 0.327. The highest BCUT2D eigenvalue weighted by atomic mass is 32.1. The first-order valence-corrected chi connectivity index (χ1v) is 7.40. The predicted octanol–water partition coefficient (Wildman–Crippen LogP) is 3.69. The van der Waals surface area contributed by atoms with Gasteiger partial charge in [0.25, 0.3) is 0 Å². The van der Waals surface area contributed by atoms with Crippen LogP contribution in [0.3, 0.4) is 0 Å². The van der Waals surface area contributed by atoms with Gasteiger partial charge < -0.3 is 10.8 Å². The molecule has 0 aliphatic carbocycles. The Morgan fingerprint density at radius 1 is 1.32 bits per heavy atom. The van der Waals surface area contributed by atoms with E-state index in [-0.39, 0.29) is 11.7 Å². The lowest BCUT2D eigenvalue weighted by Crippen LogP contribution is -2.23. The molecule has 0 radical (unpaired) electrons. The topological polar surface area (TPSA) is 46.2 Å². The highest BCUT2D eigenvalue weighted by Gasteiger charge is 2.22. The molecule has 0 aliphatic heterocycles. The first-order valence-electron chi connectivity index (χ1n) is 6.58. The molecule has 2 aromatic rings. The molecule has 1 aromatic carbocycles. The Bertz CT molecular complexity index is 552. The van der Waals surface area contributed by atoms with Crippen molar-refractivity contribution in [2.75, 3.05) is 6.54 Å². The first-order chi connectivity index (χ1) is 9.01. The van der Waals surface area contributed by atoms with Crippen molar-refractivity contribution in [2.24, 2.45) is 17.6 Å². The van der Waals surface area contributed by atoms with Gasteiger partial charge in [-0.3, -0.25) is 0 Å². The van der Waals surface area contributed by atoms with Crippen LogP contribution in [-0.4, -0.2) is 11.7 Å². The quantitative estimate of drug-likeness (QED) is 0.878. The zero-order chi connectivity index (χ0) is 14.0. The van der Waals surface area contributed by atoms with Crippen LogP contribution in [0.15, 0.2) is 24.3 Å². The molecule has 0 aliphatic rings. The summed E-state index contributed by atoms with van der Waals surface area (Å²) in [7, 11) is 0. The molecule has 3 N–H and O–H groups in total. The molecule has 2 unspecified atom stereocenters. The van der Waals surface area contributed by atoms with E-state index in [1.54, 1.807) is 6.07 Å². The number of benzene rings is 1. The number of hydrogen-bond acceptors (Lipinski definition) is 3. The van der Waals surface area contributed by atoms with Crippen molar-refractivity contribution in [1.82, 2.24) is 0 Å². The molecule has 0 saturated heterocycles. The van der Waals surface area contributed by atoms with Crippen LogP contribution < -0.4 is 5.73 Å². The van der Waals surface area contributed by atoms with Gasteiger partial charge in [-0.2, -0.15) is 0 Å². The van der Waals surface area contributed by atoms with Crippen LogP contribution in [0.2, 0.25) is 0 Å². The molecule has 0 fully saturated rings. The number of nitrogens with two attached hydrogens (primary N) is 1. The largest absolute Gasteiger partial charge is 0.387 e. The van der Waals surface area contributed by atoms with Crippen LogP contribution in [0, 0.1) is 17.7 Å². The normalized spacial score (nSPS) is 15.1. The fourth-order valence-electron chi connectivity index (χ4n) is 2.36. The third-order valence-electron chi connectivity index (χ3n) is 3.32. The van der Waals surface area contributed by atoms with Crippen LogP contribution in [0.4, 0.5) is 4.39 Å². The van der Waals surface area contributed by atoms with E-state index in [9.17, 15) is 9.50 Å². The van der Waals surface area contributed by atoms with Crippen LogP contribution >= 0.6 is 11.3 Å². The monoisotopic (exact) mass is 281 g/mol. The summed E-state index contributed by atoms with van der Waals surface area (Å²) in [6, 6.07) is 6.64. The SMILES string of the molecule is CC(C)CC(CN)C(O)c1cc2ccc(F)cc2s1. The Labute approximate surface area is 117 Å². The highest BCUT2D eigenvalue weighted by Crippen LogP contribution is 2.35. The molecular weight excluding hydrogens is 261 g/mol. The van der Waals surface area contributed by atoms with Crippen molar-refractivity contribution in [2.45, 2.75) is 26.4 Å². The van der Waals surface area contributed by atoms with E-state index in [2.05, 4.69) is 13.8 Å². The summed E-state index contributed by atoms with van der Waals surface area (Å²) in [5, 5.41) is 11.4. The summed E-state index contributed by atoms with van der Waals surface area (Å²) in [5.74, 6) is 0.306. The van der Waals surface area contributed by atoms with E-state index in [0.717, 1.165) is 21.4 Å². The molecule has 0 saturated carbocycles. The predicted molar refractivity (Wildman–Crippen MR) is 78.7 cm³/mol. The van der Waals surface area contributed by atoms with Crippen LogP contribution in [0.5, 0.6) is 0 Å². The molecule has 1 aromatic heterocycles. The van der Waals surface area contributed by atoms with Crippen molar-refractivity contribution in [3.63, 3.8) is 0 Å². The standard InChI is InChI=1S/C15H20FNOS/c1-9(2)5-11(8-17)15(18)14-6-10-3-4-12(16)7-13(10)19-14/h3-4,6-7,9,11,15,18H,5,8,17H2,1-2H3. The van der Waals surface area contributed by atoms with E-state index in [4.69, 9.17) is 5.73 Å². The number of fused-ring (bicyclic) bond motifs is 1. The lowest BCUT2D eigenvalue weighted by atomic mass is 9.91. The minimum atomic E-state index is -0.562. The van der Waals surface area contributed by atoms with Gasteiger partial charge in [0, 0.05) is 15.5 Å². The summed E-state index contributed by atoms with van der Waals surface area (Å²) in [4.78, 5) is 0.872. The number of halogens is 1. The van der Waals surface area contributed by atoms with Crippen molar-refractivity contribution < 1.29 is 9.50 Å². The van der Waals surface area contributed by atoms with Gasteiger partial charge in [-0.1, -0.05) is 19.9 Å². The van der Waals surface area contributed by atoms with E-state index in [1.807, 2.05) is 6.07 Å². The van der Waals surface area contributed by atoms with Crippen molar-refractivity contribution in [1.29, 1.82) is 0 Å². The van der Waals surface area contributed by atoms with Gasteiger partial charge in [0.1, 0.15) is 5.82 Å². The third-order valence-corrected chi connectivity index (χ3v) is 4.48. The summed E-state index contributed by atoms with van der Waals surface area (Å²) in [6.45, 7) is 4.70. The minimum Gasteiger partial charge on any atom is -0.387 e. The third kappa shape index (κ3) is 3.32. The number of aliphatic hydroxyl groups is 1. The van der Waals surface area contributed by atoms with Gasteiger partial charge in [-0.25, -0.2) is 4.39 Å². The number of thiophene rings is 1. The minimum absolute atomic E-state index is 0.0536. The average Bonchev–Trinajstić information content (AvgIpc) is 2.77. The molecule has 19 heavy (non-hydrogen) atoms. The van der Waals surface area contributed by atoms with Crippen LogP contribution in [0.25, 0.3) is 10.1 Å². The molecule has 0 amide bonds.